The van der Waals surface area contributed by atoms with E-state index in [4.69, 9.17) is 16.3 Å². The van der Waals surface area contributed by atoms with Crippen molar-refractivity contribution in [3.8, 4) is 5.69 Å². The lowest BCUT2D eigenvalue weighted by atomic mass is 10.1. The summed E-state index contributed by atoms with van der Waals surface area (Å²) in [6.07, 6.45) is 3.47. The van der Waals surface area contributed by atoms with Crippen molar-refractivity contribution in [3.05, 3.63) is 107 Å². The second-order valence-corrected chi connectivity index (χ2v) is 10.2. The van der Waals surface area contributed by atoms with E-state index in [2.05, 4.69) is 26.0 Å². The molecule has 1 atom stereocenters. The van der Waals surface area contributed by atoms with Gasteiger partial charge in [0.25, 0.3) is 5.91 Å². The molecule has 1 heterocycles. The van der Waals surface area contributed by atoms with E-state index in [0.29, 0.717) is 16.8 Å². The maximum absolute atomic E-state index is 14.9. The van der Waals surface area contributed by atoms with Crippen LogP contribution in [0, 0.1) is 5.82 Å². The van der Waals surface area contributed by atoms with Gasteiger partial charge in [0.05, 0.1) is 16.3 Å². The molecule has 0 aliphatic rings. The van der Waals surface area contributed by atoms with Crippen molar-refractivity contribution in [2.45, 2.75) is 32.4 Å². The molecule has 3 aromatic carbocycles. The number of hydrogen-bond acceptors (Lipinski definition) is 7. The highest BCUT2D eigenvalue weighted by atomic mass is 35.5. The number of aromatic nitrogens is 4. The molecule has 0 aliphatic carbocycles. The Morgan fingerprint density at radius 2 is 1.73 bits per heavy atom. The van der Waals surface area contributed by atoms with Crippen molar-refractivity contribution in [1.29, 1.82) is 0 Å². The maximum Gasteiger partial charge on any atom is 0.338 e. The molecular formula is C29H26ClFN6O4. The van der Waals surface area contributed by atoms with Crippen LogP contribution in [0.15, 0.2) is 79.1 Å². The summed E-state index contributed by atoms with van der Waals surface area (Å²) in [5.41, 5.74) is 0.756. The molecule has 4 rings (SSSR count). The van der Waals surface area contributed by atoms with Crippen LogP contribution in [0.3, 0.4) is 0 Å². The number of rotatable bonds is 8. The van der Waals surface area contributed by atoms with Crippen LogP contribution in [-0.4, -0.2) is 43.6 Å². The number of carbonyl (C=O) groups excluding carboxylic acids is 3. The average Bonchev–Trinajstić information content (AvgIpc) is 3.47. The van der Waals surface area contributed by atoms with Crippen molar-refractivity contribution >= 4 is 41.1 Å². The Labute approximate surface area is 240 Å². The van der Waals surface area contributed by atoms with Gasteiger partial charge >= 0.3 is 5.97 Å². The zero-order valence-electron chi connectivity index (χ0n) is 22.3. The van der Waals surface area contributed by atoms with Crippen LogP contribution in [0.2, 0.25) is 5.02 Å². The Kier molecular flexibility index (Phi) is 8.88. The number of anilines is 1. The summed E-state index contributed by atoms with van der Waals surface area (Å²) in [4.78, 5) is 39.6. The van der Waals surface area contributed by atoms with Gasteiger partial charge in [-0.1, -0.05) is 41.9 Å². The third kappa shape index (κ3) is 7.61. The van der Waals surface area contributed by atoms with Crippen LogP contribution in [0.5, 0.6) is 0 Å². The smallest absolute Gasteiger partial charge is 0.338 e. The van der Waals surface area contributed by atoms with Gasteiger partial charge in [0, 0.05) is 17.3 Å². The number of carbonyl (C=O) groups is 3. The van der Waals surface area contributed by atoms with Gasteiger partial charge in [-0.25, -0.2) is 9.18 Å². The molecule has 0 saturated heterocycles. The maximum atomic E-state index is 14.9. The first-order valence-electron chi connectivity index (χ1n) is 12.4. The average molecular weight is 577 g/mol. The molecule has 12 heteroatoms. The molecule has 0 radical (unpaired) electrons. The van der Waals surface area contributed by atoms with E-state index in [1.54, 1.807) is 63.2 Å². The molecule has 4 aromatic rings. The summed E-state index contributed by atoms with van der Waals surface area (Å²) in [7, 11) is 0. The molecule has 0 bridgehead atoms. The summed E-state index contributed by atoms with van der Waals surface area (Å²) in [5, 5.41) is 16.5. The van der Waals surface area contributed by atoms with Crippen molar-refractivity contribution in [1.82, 2.24) is 25.5 Å². The second-order valence-electron chi connectivity index (χ2n) is 9.77. The Morgan fingerprint density at radius 1 is 1.02 bits per heavy atom. The Bertz CT molecular complexity index is 1570. The summed E-state index contributed by atoms with van der Waals surface area (Å²) < 4.78 is 20.2. The SMILES string of the molecule is CC(C)(C)OC(=O)c1ccc(NC(=O)[C@@H](NC(=O)/C=C/c2c(-n3ncnn3)ccc(Cl)c2F)c2ccccc2)cc1. The van der Waals surface area contributed by atoms with Crippen molar-refractivity contribution in [2.75, 3.05) is 5.32 Å². The number of hydrogen-bond donors (Lipinski definition) is 2. The lowest BCUT2D eigenvalue weighted by Crippen LogP contribution is -2.36. The zero-order valence-corrected chi connectivity index (χ0v) is 23.1. The van der Waals surface area contributed by atoms with Crippen LogP contribution < -0.4 is 10.6 Å². The highest BCUT2D eigenvalue weighted by Gasteiger charge is 2.23. The quantitative estimate of drug-likeness (QED) is 0.225. The number of benzene rings is 3. The fraction of sp³-hybridized carbons (Fsp3) is 0.172. The Morgan fingerprint density at radius 3 is 2.37 bits per heavy atom. The fourth-order valence-corrected chi connectivity index (χ4v) is 3.87. The normalized spacial score (nSPS) is 12.1. The highest BCUT2D eigenvalue weighted by molar-refractivity contribution is 6.31. The van der Waals surface area contributed by atoms with E-state index in [0.717, 1.165) is 10.9 Å². The lowest BCUT2D eigenvalue weighted by molar-refractivity contribution is -0.123. The topological polar surface area (TPSA) is 128 Å². The molecule has 2 amide bonds. The molecular weight excluding hydrogens is 551 g/mol. The number of esters is 1. The molecule has 0 spiro atoms. The Hall–Kier alpha value is -4.90. The van der Waals surface area contributed by atoms with E-state index >= 15 is 0 Å². The molecule has 2 N–H and O–H groups in total. The summed E-state index contributed by atoms with van der Waals surface area (Å²) >= 11 is 5.95. The van der Waals surface area contributed by atoms with E-state index in [-0.39, 0.29) is 16.3 Å². The van der Waals surface area contributed by atoms with Gasteiger partial charge in [0.1, 0.15) is 11.6 Å². The minimum atomic E-state index is -1.10. The van der Waals surface area contributed by atoms with Crippen LogP contribution in [0.1, 0.15) is 48.3 Å². The minimum absolute atomic E-state index is 0.0450. The molecule has 0 fully saturated rings. The predicted molar refractivity (Wildman–Crippen MR) is 151 cm³/mol. The van der Waals surface area contributed by atoms with Gasteiger partial charge in [-0.3, -0.25) is 9.59 Å². The lowest BCUT2D eigenvalue weighted by Gasteiger charge is -2.20. The van der Waals surface area contributed by atoms with Crippen molar-refractivity contribution in [2.24, 2.45) is 0 Å². The van der Waals surface area contributed by atoms with Crippen molar-refractivity contribution < 1.29 is 23.5 Å². The minimum Gasteiger partial charge on any atom is -0.456 e. The summed E-state index contributed by atoms with van der Waals surface area (Å²) in [6.45, 7) is 5.31. The van der Waals surface area contributed by atoms with Crippen LogP contribution in [0.4, 0.5) is 10.1 Å². The highest BCUT2D eigenvalue weighted by Crippen LogP contribution is 2.25. The predicted octanol–water partition coefficient (Wildman–Crippen LogP) is 4.92. The zero-order chi connectivity index (χ0) is 29.6. The number of nitrogens with one attached hydrogen (secondary N) is 2. The Balaban J connectivity index is 1.52. The molecule has 210 valence electrons. The molecule has 0 aliphatic heterocycles. The number of amides is 2. The standard InChI is InChI=1S/C29H26ClFN6O4/c1-29(2,3)41-28(40)19-9-11-20(12-10-19)34-27(39)26(18-7-5-4-6-8-18)35-24(38)16-13-21-23(37-33-17-32-36-37)15-14-22(30)25(21)31/h4-17,26H,1-3H3,(H,34,39)(H,35,38)/b16-13+/t26-/m0/s1. The fourth-order valence-electron chi connectivity index (χ4n) is 3.70. The third-order valence-corrected chi connectivity index (χ3v) is 5.84. The van der Waals surface area contributed by atoms with Crippen LogP contribution in [-0.2, 0) is 14.3 Å². The van der Waals surface area contributed by atoms with E-state index in [9.17, 15) is 18.8 Å². The first-order valence-corrected chi connectivity index (χ1v) is 12.8. The van der Waals surface area contributed by atoms with Crippen LogP contribution in [0.25, 0.3) is 11.8 Å². The second kappa shape index (κ2) is 12.5. The van der Waals surface area contributed by atoms with E-state index < -0.39 is 35.2 Å². The van der Waals surface area contributed by atoms with Gasteiger partial charge in [0.2, 0.25) is 5.91 Å². The van der Waals surface area contributed by atoms with E-state index in [1.165, 1.54) is 36.7 Å². The first-order chi connectivity index (χ1) is 19.5. The monoisotopic (exact) mass is 576 g/mol. The summed E-state index contributed by atoms with van der Waals surface area (Å²) in [5.74, 6) is -2.48. The molecule has 0 saturated carbocycles. The number of tetrazole rings is 1. The van der Waals surface area contributed by atoms with Crippen molar-refractivity contribution in [3.63, 3.8) is 0 Å². The molecule has 0 unspecified atom stereocenters. The molecule has 1 aromatic heterocycles. The number of ether oxygens (including phenoxy) is 1. The van der Waals surface area contributed by atoms with Gasteiger partial charge < -0.3 is 15.4 Å². The third-order valence-electron chi connectivity index (χ3n) is 5.54. The number of nitrogens with zero attached hydrogens (tertiary/aromatic N) is 4. The van der Waals surface area contributed by atoms with Gasteiger partial charge in [-0.2, -0.15) is 0 Å². The first kappa shape index (κ1) is 29.1. The largest absolute Gasteiger partial charge is 0.456 e. The van der Waals surface area contributed by atoms with E-state index in [1.807, 2.05) is 0 Å². The summed E-state index contributed by atoms with van der Waals surface area (Å²) in [6, 6.07) is 16.5. The van der Waals surface area contributed by atoms with Gasteiger partial charge in [0.15, 0.2) is 12.1 Å². The van der Waals surface area contributed by atoms with Gasteiger partial charge in [-0.05, 0) is 74.0 Å². The van der Waals surface area contributed by atoms with Crippen LogP contribution >= 0.6 is 11.6 Å². The molecule has 10 nitrogen and oxygen atoms in total. The van der Waals surface area contributed by atoms with Gasteiger partial charge in [-0.15, -0.1) is 15.0 Å². The molecule has 41 heavy (non-hydrogen) atoms. The number of halogens is 2.